The van der Waals surface area contributed by atoms with E-state index in [0.29, 0.717) is 37.2 Å². The third-order valence-electron chi connectivity index (χ3n) is 9.32. The first kappa shape index (κ1) is 37.3. The SMILES string of the molecule is CC(C)(C)CC(=O)N1CCc2ccc(OCC(=O)NCCCCCCCCC#Cc3ccc4c(c3)C(=O)N(C3CCC(=O)NC3=O)C4=O)cc2C1. The van der Waals surface area contributed by atoms with Gasteiger partial charge in [-0.15, -0.1) is 0 Å². The maximum atomic E-state index is 13.0. The van der Waals surface area contributed by atoms with Crippen molar-refractivity contribution in [3.05, 3.63) is 64.2 Å². The lowest BCUT2D eigenvalue weighted by atomic mass is 9.90. The van der Waals surface area contributed by atoms with E-state index >= 15 is 0 Å². The first-order chi connectivity index (χ1) is 24.4. The predicted octanol–water partition coefficient (Wildman–Crippen LogP) is 4.69. The number of hydrogen-bond acceptors (Lipinski definition) is 7. The average Bonchev–Trinajstić information content (AvgIpc) is 3.33. The van der Waals surface area contributed by atoms with Gasteiger partial charge < -0.3 is 15.0 Å². The number of nitrogens with zero attached hydrogens (tertiary/aromatic N) is 2. The number of amides is 6. The number of hydrogen-bond donors (Lipinski definition) is 2. The lowest BCUT2D eigenvalue weighted by Gasteiger charge is -2.31. The molecule has 11 nitrogen and oxygen atoms in total. The van der Waals surface area contributed by atoms with Gasteiger partial charge in [0.05, 0.1) is 11.1 Å². The first-order valence-corrected chi connectivity index (χ1v) is 18.0. The van der Waals surface area contributed by atoms with Gasteiger partial charge in [0.1, 0.15) is 11.8 Å². The fraction of sp³-hybridized carbons (Fsp3) is 0.500. The number of piperidine rings is 1. The van der Waals surface area contributed by atoms with Crippen LogP contribution in [0.5, 0.6) is 5.75 Å². The average molecular weight is 697 g/mol. The summed E-state index contributed by atoms with van der Waals surface area (Å²) in [6.07, 6.45) is 8.27. The predicted molar refractivity (Wildman–Crippen MR) is 190 cm³/mol. The minimum Gasteiger partial charge on any atom is -0.484 e. The molecule has 0 aromatic heterocycles. The smallest absolute Gasteiger partial charge is 0.262 e. The normalized spacial score (nSPS) is 17.0. The van der Waals surface area contributed by atoms with E-state index in [4.69, 9.17) is 4.74 Å². The van der Waals surface area contributed by atoms with Crippen molar-refractivity contribution in [2.75, 3.05) is 19.7 Å². The zero-order valence-corrected chi connectivity index (χ0v) is 29.9. The third-order valence-corrected chi connectivity index (χ3v) is 9.32. The fourth-order valence-corrected chi connectivity index (χ4v) is 6.59. The van der Waals surface area contributed by atoms with E-state index in [9.17, 15) is 28.8 Å². The summed E-state index contributed by atoms with van der Waals surface area (Å²) < 4.78 is 5.76. The molecular formula is C40H48N4O7. The highest BCUT2D eigenvalue weighted by molar-refractivity contribution is 6.23. The summed E-state index contributed by atoms with van der Waals surface area (Å²) in [5.41, 5.74) is 3.35. The molecule has 3 aliphatic rings. The molecule has 0 aliphatic carbocycles. The number of ether oxygens (including phenoxy) is 1. The highest BCUT2D eigenvalue weighted by atomic mass is 16.5. The molecule has 6 amide bonds. The summed E-state index contributed by atoms with van der Waals surface area (Å²) in [4.78, 5) is 77.5. The molecular weight excluding hydrogens is 648 g/mol. The fourth-order valence-electron chi connectivity index (χ4n) is 6.59. The lowest BCUT2D eigenvalue weighted by molar-refractivity contribution is -0.136. The zero-order chi connectivity index (χ0) is 36.5. The van der Waals surface area contributed by atoms with Crippen LogP contribution in [0.25, 0.3) is 0 Å². The molecule has 0 radical (unpaired) electrons. The van der Waals surface area contributed by atoms with Crippen LogP contribution in [0.15, 0.2) is 36.4 Å². The first-order valence-electron chi connectivity index (χ1n) is 18.0. The van der Waals surface area contributed by atoms with E-state index in [1.165, 1.54) is 5.56 Å². The van der Waals surface area contributed by atoms with E-state index in [0.717, 1.165) is 62.0 Å². The minimum absolute atomic E-state index is 0.0484. The third kappa shape index (κ3) is 10.1. The number of benzene rings is 2. The molecule has 0 bridgehead atoms. The molecule has 3 heterocycles. The molecule has 2 aromatic carbocycles. The van der Waals surface area contributed by atoms with Gasteiger partial charge in [-0.05, 0) is 72.6 Å². The van der Waals surface area contributed by atoms with Gasteiger partial charge in [0, 0.05) is 44.5 Å². The van der Waals surface area contributed by atoms with Crippen LogP contribution < -0.4 is 15.4 Å². The second-order valence-electron chi connectivity index (χ2n) is 14.8. The lowest BCUT2D eigenvalue weighted by Crippen LogP contribution is -2.54. The Labute approximate surface area is 299 Å². The molecule has 0 saturated carbocycles. The van der Waals surface area contributed by atoms with Crippen molar-refractivity contribution in [3.63, 3.8) is 0 Å². The molecule has 1 fully saturated rings. The van der Waals surface area contributed by atoms with Gasteiger partial charge in [0.25, 0.3) is 17.7 Å². The Morgan fingerprint density at radius 2 is 1.65 bits per heavy atom. The van der Waals surface area contributed by atoms with Crippen molar-refractivity contribution < 1.29 is 33.5 Å². The van der Waals surface area contributed by atoms with Crippen molar-refractivity contribution in [1.29, 1.82) is 0 Å². The highest BCUT2D eigenvalue weighted by Crippen LogP contribution is 2.29. The molecule has 51 heavy (non-hydrogen) atoms. The molecule has 2 aromatic rings. The van der Waals surface area contributed by atoms with Gasteiger partial charge in [0.2, 0.25) is 17.7 Å². The molecule has 2 N–H and O–H groups in total. The van der Waals surface area contributed by atoms with Crippen molar-refractivity contribution in [3.8, 4) is 17.6 Å². The van der Waals surface area contributed by atoms with E-state index in [1.54, 1.807) is 18.2 Å². The second-order valence-corrected chi connectivity index (χ2v) is 14.8. The molecule has 0 spiro atoms. The zero-order valence-electron chi connectivity index (χ0n) is 29.9. The van der Waals surface area contributed by atoms with Gasteiger partial charge >= 0.3 is 0 Å². The van der Waals surface area contributed by atoms with Crippen LogP contribution in [-0.2, 0) is 32.1 Å². The Bertz CT molecular complexity index is 1750. The minimum atomic E-state index is -0.986. The number of nitrogens with one attached hydrogen (secondary N) is 2. The quantitative estimate of drug-likeness (QED) is 0.176. The van der Waals surface area contributed by atoms with Crippen molar-refractivity contribution >= 4 is 35.4 Å². The summed E-state index contributed by atoms with van der Waals surface area (Å²) in [6.45, 7) is 8.06. The summed E-state index contributed by atoms with van der Waals surface area (Å²) in [7, 11) is 0. The number of carbonyl (C=O) groups is 6. The van der Waals surface area contributed by atoms with Crippen LogP contribution >= 0.6 is 0 Å². The van der Waals surface area contributed by atoms with E-state index in [2.05, 4.69) is 43.2 Å². The van der Waals surface area contributed by atoms with Crippen LogP contribution in [0.2, 0.25) is 0 Å². The Hall–Kier alpha value is -4.98. The molecule has 1 saturated heterocycles. The van der Waals surface area contributed by atoms with E-state index < -0.39 is 29.7 Å². The van der Waals surface area contributed by atoms with Crippen LogP contribution in [0.3, 0.4) is 0 Å². The molecule has 3 aliphatic heterocycles. The second kappa shape index (κ2) is 16.8. The standard InChI is InChI=1S/C40H48N4O7/c1-40(2,3)24-36(47)43-21-19-28-14-15-30(23-29(28)25-43)51-26-35(46)41-20-11-9-7-5-4-6-8-10-12-27-13-16-31-32(22-27)39(50)44(38(31)49)33-17-18-34(45)42-37(33)48/h13-16,22-23,33H,4-9,11,17-21,24-26H2,1-3H3,(H,41,46)(H,42,45,48). The number of rotatable bonds is 13. The maximum Gasteiger partial charge on any atom is 0.262 e. The highest BCUT2D eigenvalue weighted by Gasteiger charge is 2.44. The van der Waals surface area contributed by atoms with E-state index in [1.807, 2.05) is 23.1 Å². The Kier molecular flexibility index (Phi) is 12.3. The summed E-state index contributed by atoms with van der Waals surface area (Å²) in [5.74, 6) is 4.77. The van der Waals surface area contributed by atoms with Gasteiger partial charge in [0.15, 0.2) is 6.61 Å². The summed E-state index contributed by atoms with van der Waals surface area (Å²) in [6, 6.07) is 9.76. The van der Waals surface area contributed by atoms with Crippen molar-refractivity contribution in [1.82, 2.24) is 20.4 Å². The van der Waals surface area contributed by atoms with Crippen molar-refractivity contribution in [2.24, 2.45) is 5.41 Å². The Morgan fingerprint density at radius 3 is 2.41 bits per heavy atom. The van der Waals surface area contributed by atoms with Crippen LogP contribution in [0.4, 0.5) is 0 Å². The Balaban J connectivity index is 0.924. The molecule has 1 unspecified atom stereocenters. The van der Waals surface area contributed by atoms with Gasteiger partial charge in [-0.25, -0.2) is 0 Å². The number of imide groups is 2. The topological polar surface area (TPSA) is 142 Å². The van der Waals surface area contributed by atoms with Gasteiger partial charge in [-0.3, -0.25) is 39.0 Å². The number of unbranched alkanes of at least 4 members (excludes halogenated alkanes) is 6. The molecule has 1 atom stereocenters. The Morgan fingerprint density at radius 1 is 0.902 bits per heavy atom. The van der Waals surface area contributed by atoms with Crippen LogP contribution in [-0.4, -0.2) is 71.0 Å². The molecule has 5 rings (SSSR count). The van der Waals surface area contributed by atoms with Gasteiger partial charge in [-0.1, -0.05) is 64.4 Å². The van der Waals surface area contributed by atoms with E-state index in [-0.39, 0.29) is 47.8 Å². The number of carbonyl (C=O) groups excluding carboxylic acids is 6. The monoisotopic (exact) mass is 696 g/mol. The van der Waals surface area contributed by atoms with Crippen molar-refractivity contribution in [2.45, 2.75) is 104 Å². The van der Waals surface area contributed by atoms with Crippen LogP contribution in [0, 0.1) is 17.3 Å². The summed E-state index contributed by atoms with van der Waals surface area (Å²) >= 11 is 0. The number of fused-ring (bicyclic) bond motifs is 2. The maximum absolute atomic E-state index is 13.0. The van der Waals surface area contributed by atoms with Gasteiger partial charge in [-0.2, -0.15) is 0 Å². The molecule has 270 valence electrons. The largest absolute Gasteiger partial charge is 0.484 e. The van der Waals surface area contributed by atoms with Crippen LogP contribution in [0.1, 0.15) is 122 Å². The molecule has 11 heteroatoms. The summed E-state index contributed by atoms with van der Waals surface area (Å²) in [5, 5.41) is 5.13.